The fourth-order valence-corrected chi connectivity index (χ4v) is 2.51. The second-order valence-corrected chi connectivity index (χ2v) is 5.13. The van der Waals surface area contributed by atoms with Gasteiger partial charge < -0.3 is 5.11 Å². The van der Waals surface area contributed by atoms with Crippen molar-refractivity contribution in [3.63, 3.8) is 0 Å². The maximum Gasteiger partial charge on any atom is 0.261 e. The molecule has 1 heterocycles. The number of imide groups is 1. The first-order chi connectivity index (χ1) is 10.6. The zero-order valence-corrected chi connectivity index (χ0v) is 11.7. The first kappa shape index (κ1) is 14.0. The molecule has 0 aliphatic carbocycles. The van der Waals surface area contributed by atoms with E-state index in [1.807, 2.05) is 0 Å². The van der Waals surface area contributed by atoms with Gasteiger partial charge in [0.15, 0.2) is 5.78 Å². The number of rotatable bonds is 4. The average molecular weight is 295 g/mol. The van der Waals surface area contributed by atoms with E-state index in [0.717, 1.165) is 4.90 Å². The van der Waals surface area contributed by atoms with Gasteiger partial charge in [0, 0.05) is 6.42 Å². The average Bonchev–Trinajstić information content (AvgIpc) is 2.73. The molecule has 0 saturated carbocycles. The second-order valence-electron chi connectivity index (χ2n) is 5.13. The van der Waals surface area contributed by atoms with E-state index in [4.69, 9.17) is 0 Å². The van der Waals surface area contributed by atoms with Crippen LogP contribution in [0.4, 0.5) is 0 Å². The van der Waals surface area contributed by atoms with Crippen molar-refractivity contribution in [1.29, 1.82) is 0 Å². The molecule has 2 aromatic rings. The number of aromatic hydroxyl groups is 1. The Morgan fingerprint density at radius 3 is 2.18 bits per heavy atom. The van der Waals surface area contributed by atoms with Crippen molar-refractivity contribution in [2.24, 2.45) is 0 Å². The number of ketones is 1. The molecule has 1 N–H and O–H groups in total. The van der Waals surface area contributed by atoms with Crippen molar-refractivity contribution in [2.45, 2.75) is 6.42 Å². The van der Waals surface area contributed by atoms with Crippen molar-refractivity contribution >= 4 is 17.6 Å². The van der Waals surface area contributed by atoms with Crippen LogP contribution in [-0.4, -0.2) is 34.1 Å². The molecule has 2 aromatic carbocycles. The van der Waals surface area contributed by atoms with Crippen LogP contribution in [0.3, 0.4) is 0 Å². The summed E-state index contributed by atoms with van der Waals surface area (Å²) in [6.45, 7) is -0.262. The lowest BCUT2D eigenvalue weighted by molar-refractivity contribution is -0.118. The molecule has 3 rings (SSSR count). The molecule has 22 heavy (non-hydrogen) atoms. The Labute approximate surface area is 126 Å². The van der Waals surface area contributed by atoms with Crippen LogP contribution in [0.25, 0.3) is 0 Å². The van der Waals surface area contributed by atoms with Crippen LogP contribution in [0.2, 0.25) is 0 Å². The van der Waals surface area contributed by atoms with Gasteiger partial charge in [-0.2, -0.15) is 0 Å². The molecule has 110 valence electrons. The number of phenolic OH excluding ortho intramolecular Hbond substituents is 1. The van der Waals surface area contributed by atoms with Crippen LogP contribution in [0, 0.1) is 0 Å². The highest BCUT2D eigenvalue weighted by molar-refractivity contribution is 6.22. The van der Waals surface area contributed by atoms with E-state index in [2.05, 4.69) is 0 Å². The molecule has 1 aliphatic rings. The predicted molar refractivity (Wildman–Crippen MR) is 78.6 cm³/mol. The molecule has 0 aromatic heterocycles. The van der Waals surface area contributed by atoms with Crippen molar-refractivity contribution < 1.29 is 19.5 Å². The Morgan fingerprint density at radius 1 is 0.955 bits per heavy atom. The third kappa shape index (κ3) is 2.48. The molecule has 1 aliphatic heterocycles. The fraction of sp³-hybridized carbons (Fsp3) is 0.118. The molecule has 5 nitrogen and oxygen atoms in total. The predicted octanol–water partition coefficient (Wildman–Crippen LogP) is 1.80. The Bertz CT molecular complexity index is 747. The number of fused-ring (bicyclic) bond motifs is 1. The molecule has 0 radical (unpaired) electrons. The van der Waals surface area contributed by atoms with Crippen LogP contribution in [-0.2, 0) is 11.2 Å². The molecule has 2 amide bonds. The SMILES string of the molecule is O=C(Cc1cccc(O)c1)CN1C(=O)c2ccccc2C1=O. The lowest BCUT2D eigenvalue weighted by atomic mass is 10.1. The van der Waals surface area contributed by atoms with Crippen LogP contribution < -0.4 is 0 Å². The Hall–Kier alpha value is -2.95. The third-order valence-corrected chi connectivity index (χ3v) is 3.52. The monoisotopic (exact) mass is 295 g/mol. The van der Waals surface area contributed by atoms with E-state index >= 15 is 0 Å². The maximum atomic E-state index is 12.2. The van der Waals surface area contributed by atoms with E-state index in [0.29, 0.717) is 16.7 Å². The summed E-state index contributed by atoms with van der Waals surface area (Å²) in [4.78, 5) is 37.4. The van der Waals surface area contributed by atoms with Gasteiger partial charge in [-0.1, -0.05) is 24.3 Å². The number of amides is 2. The highest BCUT2D eigenvalue weighted by atomic mass is 16.3. The molecule has 5 heteroatoms. The van der Waals surface area contributed by atoms with Crippen LogP contribution in [0.5, 0.6) is 5.75 Å². The standard InChI is InChI=1S/C17H13NO4/c19-12-5-3-4-11(8-12)9-13(20)10-18-16(21)14-6-1-2-7-15(14)17(18)22/h1-8,19H,9-10H2. The summed E-state index contributed by atoms with van der Waals surface area (Å²) < 4.78 is 0. The highest BCUT2D eigenvalue weighted by Gasteiger charge is 2.35. The second kappa shape index (κ2) is 5.44. The number of nitrogens with zero attached hydrogens (tertiary/aromatic N) is 1. The van der Waals surface area contributed by atoms with E-state index in [-0.39, 0.29) is 24.5 Å². The largest absolute Gasteiger partial charge is 0.508 e. The van der Waals surface area contributed by atoms with Gasteiger partial charge in [0.05, 0.1) is 17.7 Å². The lowest BCUT2D eigenvalue weighted by Crippen LogP contribution is -2.35. The fourth-order valence-electron chi connectivity index (χ4n) is 2.51. The molecule has 0 bridgehead atoms. The normalized spacial score (nSPS) is 13.4. The number of benzene rings is 2. The summed E-state index contributed by atoms with van der Waals surface area (Å²) in [5.74, 6) is -1.07. The molecule has 0 unspecified atom stereocenters. The Balaban J connectivity index is 1.73. The number of Topliss-reactive ketones (excluding diaryl/α,β-unsaturated/α-hetero) is 1. The molecule has 0 saturated heterocycles. The highest BCUT2D eigenvalue weighted by Crippen LogP contribution is 2.22. The zero-order chi connectivity index (χ0) is 15.7. The Kier molecular flexibility index (Phi) is 3.47. The molecule has 0 spiro atoms. The van der Waals surface area contributed by atoms with Gasteiger partial charge in [-0.25, -0.2) is 0 Å². The summed E-state index contributed by atoms with van der Waals surface area (Å²) in [6, 6.07) is 12.9. The first-order valence-electron chi connectivity index (χ1n) is 6.81. The maximum absolute atomic E-state index is 12.2. The van der Waals surface area contributed by atoms with Gasteiger partial charge in [0.25, 0.3) is 11.8 Å². The number of carbonyl (C=O) groups excluding carboxylic acids is 3. The third-order valence-electron chi connectivity index (χ3n) is 3.52. The summed E-state index contributed by atoms with van der Waals surface area (Å²) in [6.07, 6.45) is 0.0573. The quantitative estimate of drug-likeness (QED) is 0.873. The first-order valence-corrected chi connectivity index (χ1v) is 6.81. The van der Waals surface area contributed by atoms with Crippen molar-refractivity contribution in [3.8, 4) is 5.75 Å². The van der Waals surface area contributed by atoms with Crippen LogP contribution >= 0.6 is 0 Å². The number of hydrogen-bond acceptors (Lipinski definition) is 4. The molecule has 0 fully saturated rings. The summed E-state index contributed by atoms with van der Waals surface area (Å²) in [7, 11) is 0. The van der Waals surface area contributed by atoms with E-state index < -0.39 is 11.8 Å². The zero-order valence-electron chi connectivity index (χ0n) is 11.7. The van der Waals surface area contributed by atoms with Crippen molar-refractivity contribution in [3.05, 3.63) is 65.2 Å². The minimum atomic E-state index is -0.440. The van der Waals surface area contributed by atoms with E-state index in [1.165, 1.54) is 12.1 Å². The smallest absolute Gasteiger partial charge is 0.261 e. The summed E-state index contributed by atoms with van der Waals surface area (Å²) in [5, 5.41) is 9.38. The topological polar surface area (TPSA) is 74.7 Å². The molecular formula is C17H13NO4. The number of hydrogen-bond donors (Lipinski definition) is 1. The van der Waals surface area contributed by atoms with Gasteiger partial charge >= 0.3 is 0 Å². The van der Waals surface area contributed by atoms with Gasteiger partial charge in [-0.3, -0.25) is 19.3 Å². The Morgan fingerprint density at radius 2 is 1.59 bits per heavy atom. The van der Waals surface area contributed by atoms with Gasteiger partial charge in [0.1, 0.15) is 5.75 Å². The lowest BCUT2D eigenvalue weighted by Gasteiger charge is -2.12. The molecule has 0 atom stereocenters. The van der Waals surface area contributed by atoms with Crippen molar-refractivity contribution in [1.82, 2.24) is 4.90 Å². The van der Waals surface area contributed by atoms with Crippen LogP contribution in [0.15, 0.2) is 48.5 Å². The minimum absolute atomic E-state index is 0.0573. The van der Waals surface area contributed by atoms with Crippen molar-refractivity contribution in [2.75, 3.05) is 6.54 Å². The number of carbonyl (C=O) groups is 3. The summed E-state index contributed by atoms with van der Waals surface area (Å²) in [5.41, 5.74) is 1.30. The summed E-state index contributed by atoms with van der Waals surface area (Å²) >= 11 is 0. The van der Waals surface area contributed by atoms with E-state index in [9.17, 15) is 19.5 Å². The number of phenols is 1. The van der Waals surface area contributed by atoms with Gasteiger partial charge in [-0.05, 0) is 29.8 Å². The van der Waals surface area contributed by atoms with E-state index in [1.54, 1.807) is 36.4 Å². The van der Waals surface area contributed by atoms with Gasteiger partial charge in [0.2, 0.25) is 0 Å². The van der Waals surface area contributed by atoms with Gasteiger partial charge in [-0.15, -0.1) is 0 Å². The van der Waals surface area contributed by atoms with Crippen LogP contribution in [0.1, 0.15) is 26.3 Å². The minimum Gasteiger partial charge on any atom is -0.508 e. The molecular weight excluding hydrogens is 282 g/mol.